The second-order valence-electron chi connectivity index (χ2n) is 5.08. The molecular weight excluding hydrogens is 303 g/mol. The first kappa shape index (κ1) is 16.6. The van der Waals surface area contributed by atoms with Crippen LogP contribution in [-0.4, -0.2) is 37.1 Å². The highest BCUT2D eigenvalue weighted by atomic mass is 32.2. The Morgan fingerprint density at radius 2 is 1.77 bits per heavy atom. The number of pyridine rings is 1. The largest absolute Gasteiger partial charge is 0.265 e. The number of benzene rings is 1. The Kier molecular flexibility index (Phi) is 5.63. The standard InChI is InChI=1S/C16H19FN2O2S/c1-19(12-8-14-6-10-18-11-7-14)22(20,21)13-9-15-4-2-3-5-16(15)17/h2-7,10-11H,8-9,12-13H2,1H3. The molecule has 0 unspecified atom stereocenters. The lowest BCUT2D eigenvalue weighted by atomic mass is 10.2. The van der Waals surface area contributed by atoms with E-state index in [1.807, 2.05) is 12.1 Å². The molecule has 0 saturated carbocycles. The predicted octanol–water partition coefficient (Wildman–Crippen LogP) is 2.27. The average molecular weight is 322 g/mol. The Hall–Kier alpha value is -1.79. The van der Waals surface area contributed by atoms with Crippen molar-refractivity contribution in [2.24, 2.45) is 0 Å². The summed E-state index contributed by atoms with van der Waals surface area (Å²) in [7, 11) is -1.84. The fraction of sp³-hybridized carbons (Fsp3) is 0.312. The van der Waals surface area contributed by atoms with E-state index in [9.17, 15) is 12.8 Å². The Balaban J connectivity index is 1.90. The van der Waals surface area contributed by atoms with Crippen LogP contribution in [0, 0.1) is 5.82 Å². The third-order valence-corrected chi connectivity index (χ3v) is 5.38. The smallest absolute Gasteiger partial charge is 0.214 e. The van der Waals surface area contributed by atoms with Crippen LogP contribution in [0.3, 0.4) is 0 Å². The predicted molar refractivity (Wildman–Crippen MR) is 84.5 cm³/mol. The lowest BCUT2D eigenvalue weighted by Gasteiger charge is -2.17. The van der Waals surface area contributed by atoms with E-state index in [-0.39, 0.29) is 18.0 Å². The highest BCUT2D eigenvalue weighted by Crippen LogP contribution is 2.10. The molecule has 1 heterocycles. The first-order valence-corrected chi connectivity index (χ1v) is 8.66. The van der Waals surface area contributed by atoms with Crippen LogP contribution < -0.4 is 0 Å². The zero-order valence-corrected chi connectivity index (χ0v) is 13.3. The maximum Gasteiger partial charge on any atom is 0.214 e. The Bertz CT molecular complexity index is 705. The summed E-state index contributed by atoms with van der Waals surface area (Å²) in [6, 6.07) is 9.98. The first-order valence-electron chi connectivity index (χ1n) is 7.05. The van der Waals surface area contributed by atoms with Gasteiger partial charge in [-0.1, -0.05) is 18.2 Å². The van der Waals surface area contributed by atoms with Gasteiger partial charge in [0.1, 0.15) is 5.82 Å². The number of rotatable bonds is 7. The van der Waals surface area contributed by atoms with Crippen molar-refractivity contribution in [3.63, 3.8) is 0 Å². The SMILES string of the molecule is CN(CCc1ccncc1)S(=O)(=O)CCc1ccccc1F. The molecule has 22 heavy (non-hydrogen) atoms. The fourth-order valence-corrected chi connectivity index (χ4v) is 3.23. The van der Waals surface area contributed by atoms with Gasteiger partial charge in [-0.3, -0.25) is 4.98 Å². The molecule has 0 saturated heterocycles. The maximum atomic E-state index is 13.5. The number of hydrogen-bond acceptors (Lipinski definition) is 3. The van der Waals surface area contributed by atoms with E-state index in [2.05, 4.69) is 4.98 Å². The van der Waals surface area contributed by atoms with Crippen molar-refractivity contribution < 1.29 is 12.8 Å². The minimum atomic E-state index is -3.39. The van der Waals surface area contributed by atoms with Crippen molar-refractivity contribution in [2.45, 2.75) is 12.8 Å². The molecule has 118 valence electrons. The average Bonchev–Trinajstić information content (AvgIpc) is 2.53. The van der Waals surface area contributed by atoms with Crippen molar-refractivity contribution >= 4 is 10.0 Å². The van der Waals surface area contributed by atoms with Gasteiger partial charge in [0, 0.05) is 26.0 Å². The van der Waals surface area contributed by atoms with Gasteiger partial charge in [-0.05, 0) is 42.2 Å². The Morgan fingerprint density at radius 3 is 2.45 bits per heavy atom. The molecule has 0 aliphatic rings. The molecule has 0 N–H and O–H groups in total. The summed E-state index contributed by atoms with van der Waals surface area (Å²) in [5.41, 5.74) is 1.46. The molecule has 4 nitrogen and oxygen atoms in total. The summed E-state index contributed by atoms with van der Waals surface area (Å²) in [4.78, 5) is 3.93. The number of nitrogens with zero attached hydrogens (tertiary/aromatic N) is 2. The fourth-order valence-electron chi connectivity index (χ4n) is 2.07. The molecule has 0 atom stereocenters. The van der Waals surface area contributed by atoms with E-state index in [4.69, 9.17) is 0 Å². The van der Waals surface area contributed by atoms with Crippen LogP contribution >= 0.6 is 0 Å². The van der Waals surface area contributed by atoms with Crippen molar-refractivity contribution in [3.8, 4) is 0 Å². The summed E-state index contributed by atoms with van der Waals surface area (Å²) >= 11 is 0. The summed E-state index contributed by atoms with van der Waals surface area (Å²) in [6.07, 6.45) is 4.16. The van der Waals surface area contributed by atoms with Crippen LogP contribution in [0.1, 0.15) is 11.1 Å². The van der Waals surface area contributed by atoms with Crippen molar-refractivity contribution in [2.75, 3.05) is 19.3 Å². The minimum Gasteiger partial charge on any atom is -0.265 e. The van der Waals surface area contributed by atoms with E-state index in [1.165, 1.54) is 10.4 Å². The molecule has 0 spiro atoms. The molecule has 1 aromatic carbocycles. The molecule has 0 bridgehead atoms. The van der Waals surface area contributed by atoms with Crippen LogP contribution in [0.15, 0.2) is 48.8 Å². The third-order valence-electron chi connectivity index (χ3n) is 3.53. The molecular formula is C16H19FN2O2S. The Labute approximate surface area is 130 Å². The molecule has 2 rings (SSSR count). The minimum absolute atomic E-state index is 0.0964. The number of hydrogen-bond donors (Lipinski definition) is 0. The monoisotopic (exact) mass is 322 g/mol. The molecule has 0 aliphatic heterocycles. The van der Waals surface area contributed by atoms with Gasteiger partial charge in [-0.15, -0.1) is 0 Å². The zero-order valence-electron chi connectivity index (χ0n) is 12.4. The molecule has 0 amide bonds. The van der Waals surface area contributed by atoms with Crippen LogP contribution in [0.5, 0.6) is 0 Å². The molecule has 1 aromatic heterocycles. The number of sulfonamides is 1. The van der Waals surface area contributed by atoms with Gasteiger partial charge >= 0.3 is 0 Å². The van der Waals surface area contributed by atoms with E-state index < -0.39 is 10.0 Å². The van der Waals surface area contributed by atoms with Gasteiger partial charge in [-0.2, -0.15) is 0 Å². The molecule has 2 aromatic rings. The van der Waals surface area contributed by atoms with Gasteiger partial charge in [0.25, 0.3) is 0 Å². The second-order valence-corrected chi connectivity index (χ2v) is 7.28. The van der Waals surface area contributed by atoms with E-state index in [0.717, 1.165) is 5.56 Å². The summed E-state index contributed by atoms with van der Waals surface area (Å²) in [5.74, 6) is -0.460. The number of aromatic nitrogens is 1. The summed E-state index contributed by atoms with van der Waals surface area (Å²) in [5, 5.41) is 0. The van der Waals surface area contributed by atoms with Crippen molar-refractivity contribution in [1.82, 2.24) is 9.29 Å². The first-order chi connectivity index (χ1) is 10.5. The second kappa shape index (κ2) is 7.47. The molecule has 0 fully saturated rings. The number of halogens is 1. The third kappa shape index (κ3) is 4.61. The molecule has 0 radical (unpaired) electrons. The topological polar surface area (TPSA) is 50.3 Å². The van der Waals surface area contributed by atoms with Gasteiger partial charge in [0.2, 0.25) is 10.0 Å². The molecule has 0 aliphatic carbocycles. The Morgan fingerprint density at radius 1 is 1.09 bits per heavy atom. The van der Waals surface area contributed by atoms with Crippen molar-refractivity contribution in [3.05, 3.63) is 65.7 Å². The van der Waals surface area contributed by atoms with Crippen LogP contribution in [0.4, 0.5) is 4.39 Å². The normalized spacial score (nSPS) is 11.8. The zero-order chi connectivity index (χ0) is 16.0. The highest BCUT2D eigenvalue weighted by molar-refractivity contribution is 7.89. The number of likely N-dealkylation sites (N-methyl/N-ethyl adjacent to an activating group) is 1. The number of aryl methyl sites for hydroxylation is 1. The lowest BCUT2D eigenvalue weighted by Crippen LogP contribution is -2.31. The van der Waals surface area contributed by atoms with Crippen LogP contribution in [0.2, 0.25) is 0 Å². The van der Waals surface area contributed by atoms with Crippen LogP contribution in [-0.2, 0) is 22.9 Å². The maximum absolute atomic E-state index is 13.5. The van der Waals surface area contributed by atoms with Crippen molar-refractivity contribution in [1.29, 1.82) is 0 Å². The molecule has 6 heteroatoms. The van der Waals surface area contributed by atoms with Gasteiger partial charge in [0.05, 0.1) is 5.75 Å². The van der Waals surface area contributed by atoms with E-state index in [1.54, 1.807) is 37.6 Å². The lowest BCUT2D eigenvalue weighted by molar-refractivity contribution is 0.472. The van der Waals surface area contributed by atoms with Gasteiger partial charge in [-0.25, -0.2) is 17.1 Å². The summed E-state index contributed by atoms with van der Waals surface area (Å²) < 4.78 is 39.3. The van der Waals surface area contributed by atoms with Crippen LogP contribution in [0.25, 0.3) is 0 Å². The summed E-state index contributed by atoms with van der Waals surface area (Å²) in [6.45, 7) is 0.392. The quantitative estimate of drug-likeness (QED) is 0.786. The van der Waals surface area contributed by atoms with Gasteiger partial charge in [0.15, 0.2) is 0 Å². The van der Waals surface area contributed by atoms with E-state index >= 15 is 0 Å². The van der Waals surface area contributed by atoms with E-state index in [0.29, 0.717) is 18.5 Å². The van der Waals surface area contributed by atoms with Gasteiger partial charge < -0.3 is 0 Å². The highest BCUT2D eigenvalue weighted by Gasteiger charge is 2.18.